The molecule has 6 aromatic rings. The second kappa shape index (κ2) is 9.82. The third-order valence-corrected chi connectivity index (χ3v) is 8.14. The molecule has 0 unspecified atom stereocenters. The topological polar surface area (TPSA) is 23.6 Å². The maximum atomic E-state index is 14.0. The maximum Gasteiger partial charge on any atom is 0.262 e. The number of hydrogen-bond donors (Lipinski definition) is 0. The number of amides is 1. The fraction of sp³-hybridized carbons (Fsp3) is 0. The van der Waals surface area contributed by atoms with E-state index in [9.17, 15) is 4.79 Å². The van der Waals surface area contributed by atoms with Crippen molar-refractivity contribution >= 4 is 56.9 Å². The molecule has 1 amide bonds. The van der Waals surface area contributed by atoms with Crippen LogP contribution in [0.15, 0.2) is 155 Å². The van der Waals surface area contributed by atoms with Crippen molar-refractivity contribution in [1.82, 2.24) is 0 Å². The minimum atomic E-state index is -0.0429. The van der Waals surface area contributed by atoms with Crippen molar-refractivity contribution < 1.29 is 4.79 Å². The zero-order valence-electron chi connectivity index (χ0n) is 21.1. The standard InChI is InChI=1S/C35H24N2OS/c38-35(37-31-14-6-8-16-33(31)39-34-17-9-7-15-32(34)37)26-19-21-29(22-20-26)36(28-12-2-1-3-13-28)30-23-18-25-10-4-5-11-27(25)24-30/h1-24H. The van der Waals surface area contributed by atoms with Gasteiger partial charge in [0.25, 0.3) is 5.91 Å². The number of fused-ring (bicyclic) bond motifs is 3. The minimum Gasteiger partial charge on any atom is -0.310 e. The number of rotatable bonds is 4. The second-order valence-corrected chi connectivity index (χ2v) is 10.5. The first-order valence-corrected chi connectivity index (χ1v) is 13.7. The summed E-state index contributed by atoms with van der Waals surface area (Å²) in [5.41, 5.74) is 5.58. The number of carbonyl (C=O) groups is 1. The van der Waals surface area contributed by atoms with Gasteiger partial charge in [0.1, 0.15) is 0 Å². The third kappa shape index (κ3) is 4.25. The molecule has 0 N–H and O–H groups in total. The average Bonchev–Trinajstić information content (AvgIpc) is 3.00. The number of nitrogens with zero attached hydrogens (tertiary/aromatic N) is 2. The largest absolute Gasteiger partial charge is 0.310 e. The highest BCUT2D eigenvalue weighted by Crippen LogP contribution is 2.48. The van der Waals surface area contributed by atoms with Gasteiger partial charge in [-0.1, -0.05) is 84.6 Å². The molecular weight excluding hydrogens is 496 g/mol. The van der Waals surface area contributed by atoms with Crippen LogP contribution >= 0.6 is 11.8 Å². The predicted octanol–water partition coefficient (Wildman–Crippen LogP) is 9.75. The fourth-order valence-corrected chi connectivity index (χ4v) is 6.20. The zero-order chi connectivity index (χ0) is 26.2. The molecule has 1 aliphatic rings. The van der Waals surface area contributed by atoms with Crippen molar-refractivity contribution in [2.45, 2.75) is 9.79 Å². The summed E-state index contributed by atoms with van der Waals surface area (Å²) in [5.74, 6) is -0.0429. The van der Waals surface area contributed by atoms with E-state index in [0.29, 0.717) is 5.56 Å². The summed E-state index contributed by atoms with van der Waals surface area (Å²) in [7, 11) is 0. The van der Waals surface area contributed by atoms with Crippen molar-refractivity contribution in [2.24, 2.45) is 0 Å². The Morgan fingerprint density at radius 3 is 1.74 bits per heavy atom. The molecule has 6 aromatic carbocycles. The lowest BCUT2D eigenvalue weighted by Crippen LogP contribution is -2.28. The van der Waals surface area contributed by atoms with Crippen LogP contribution in [0.4, 0.5) is 28.4 Å². The van der Waals surface area contributed by atoms with E-state index < -0.39 is 0 Å². The Morgan fingerprint density at radius 2 is 1.05 bits per heavy atom. The van der Waals surface area contributed by atoms with Gasteiger partial charge >= 0.3 is 0 Å². The van der Waals surface area contributed by atoms with Gasteiger partial charge in [0.05, 0.1) is 11.4 Å². The van der Waals surface area contributed by atoms with Gasteiger partial charge in [-0.2, -0.15) is 0 Å². The lowest BCUT2D eigenvalue weighted by Gasteiger charge is -2.31. The highest BCUT2D eigenvalue weighted by atomic mass is 32.2. The van der Waals surface area contributed by atoms with Crippen LogP contribution in [0.2, 0.25) is 0 Å². The van der Waals surface area contributed by atoms with E-state index in [0.717, 1.165) is 38.2 Å². The molecule has 7 rings (SSSR count). The summed E-state index contributed by atoms with van der Waals surface area (Å²) in [6, 6.07) is 49.3. The smallest absolute Gasteiger partial charge is 0.262 e. The van der Waals surface area contributed by atoms with E-state index in [-0.39, 0.29) is 5.91 Å². The highest BCUT2D eigenvalue weighted by molar-refractivity contribution is 7.99. The van der Waals surface area contributed by atoms with Crippen LogP contribution in [-0.4, -0.2) is 5.91 Å². The molecule has 4 heteroatoms. The monoisotopic (exact) mass is 520 g/mol. The Balaban J connectivity index is 1.28. The molecule has 0 spiro atoms. The second-order valence-electron chi connectivity index (χ2n) is 9.43. The first kappa shape index (κ1) is 23.3. The Bertz CT molecular complexity index is 1770. The molecular formula is C35H24N2OS. The Labute approximate surface area is 232 Å². The third-order valence-electron chi connectivity index (χ3n) is 7.01. The van der Waals surface area contributed by atoms with E-state index in [4.69, 9.17) is 0 Å². The summed E-state index contributed by atoms with van der Waals surface area (Å²) in [4.78, 5) is 20.2. The molecule has 0 saturated heterocycles. The molecule has 186 valence electrons. The van der Waals surface area contributed by atoms with Gasteiger partial charge in [0.15, 0.2) is 0 Å². The molecule has 1 aliphatic heterocycles. The zero-order valence-corrected chi connectivity index (χ0v) is 21.9. The van der Waals surface area contributed by atoms with E-state index in [1.807, 2.05) is 83.8 Å². The van der Waals surface area contributed by atoms with Gasteiger partial charge in [-0.15, -0.1) is 0 Å². The first-order valence-electron chi connectivity index (χ1n) is 12.9. The SMILES string of the molecule is O=C(c1ccc(N(c2ccccc2)c2ccc3ccccc3c2)cc1)N1c2ccccc2Sc2ccccc21. The molecule has 0 fully saturated rings. The van der Waals surface area contributed by atoms with Crippen LogP contribution in [0.3, 0.4) is 0 Å². The quantitative estimate of drug-likeness (QED) is 0.231. The van der Waals surface area contributed by atoms with Gasteiger partial charge < -0.3 is 4.90 Å². The molecule has 0 saturated carbocycles. The number of carbonyl (C=O) groups excluding carboxylic acids is 1. The Hall–Kier alpha value is -4.80. The molecule has 1 heterocycles. The number of para-hydroxylation sites is 3. The summed E-state index contributed by atoms with van der Waals surface area (Å²) in [6.45, 7) is 0. The van der Waals surface area contributed by atoms with Crippen molar-refractivity contribution in [3.05, 3.63) is 151 Å². The number of hydrogen-bond acceptors (Lipinski definition) is 3. The van der Waals surface area contributed by atoms with Gasteiger partial charge in [-0.3, -0.25) is 9.69 Å². The Kier molecular flexibility index (Phi) is 5.87. The predicted molar refractivity (Wildman–Crippen MR) is 162 cm³/mol. The number of benzene rings is 6. The molecule has 0 atom stereocenters. The van der Waals surface area contributed by atoms with Crippen LogP contribution in [0.5, 0.6) is 0 Å². The molecule has 0 aromatic heterocycles. The van der Waals surface area contributed by atoms with Crippen LogP contribution in [0.25, 0.3) is 10.8 Å². The van der Waals surface area contributed by atoms with E-state index in [2.05, 4.69) is 71.6 Å². The summed E-state index contributed by atoms with van der Waals surface area (Å²) in [6.07, 6.45) is 0. The van der Waals surface area contributed by atoms with Crippen LogP contribution in [0, 0.1) is 0 Å². The van der Waals surface area contributed by atoms with Crippen LogP contribution < -0.4 is 9.80 Å². The van der Waals surface area contributed by atoms with E-state index in [1.165, 1.54) is 10.8 Å². The van der Waals surface area contributed by atoms with E-state index in [1.54, 1.807) is 11.8 Å². The maximum absolute atomic E-state index is 14.0. The van der Waals surface area contributed by atoms with Gasteiger partial charge in [-0.05, 0) is 83.6 Å². The van der Waals surface area contributed by atoms with E-state index >= 15 is 0 Å². The fourth-order valence-electron chi connectivity index (χ4n) is 5.15. The highest BCUT2D eigenvalue weighted by Gasteiger charge is 2.28. The van der Waals surface area contributed by atoms with Gasteiger partial charge in [0, 0.05) is 32.4 Å². The summed E-state index contributed by atoms with van der Waals surface area (Å²) < 4.78 is 0. The summed E-state index contributed by atoms with van der Waals surface area (Å²) >= 11 is 1.70. The van der Waals surface area contributed by atoms with Crippen LogP contribution in [0.1, 0.15) is 10.4 Å². The lowest BCUT2D eigenvalue weighted by molar-refractivity contribution is 0.0998. The van der Waals surface area contributed by atoms with Crippen LogP contribution in [-0.2, 0) is 0 Å². The normalized spacial score (nSPS) is 12.1. The van der Waals surface area contributed by atoms with Gasteiger partial charge in [-0.25, -0.2) is 0 Å². The van der Waals surface area contributed by atoms with Crippen molar-refractivity contribution in [2.75, 3.05) is 9.80 Å². The molecule has 0 radical (unpaired) electrons. The number of anilines is 5. The molecule has 39 heavy (non-hydrogen) atoms. The average molecular weight is 521 g/mol. The Morgan fingerprint density at radius 1 is 0.513 bits per heavy atom. The first-order chi connectivity index (χ1) is 19.3. The van der Waals surface area contributed by atoms with Crippen molar-refractivity contribution in [3.63, 3.8) is 0 Å². The molecule has 0 bridgehead atoms. The minimum absolute atomic E-state index is 0.0429. The lowest BCUT2D eigenvalue weighted by atomic mass is 10.1. The van der Waals surface area contributed by atoms with Crippen molar-refractivity contribution in [1.29, 1.82) is 0 Å². The summed E-state index contributed by atoms with van der Waals surface area (Å²) in [5, 5.41) is 2.39. The molecule has 0 aliphatic carbocycles. The van der Waals surface area contributed by atoms with Crippen molar-refractivity contribution in [3.8, 4) is 0 Å². The molecule has 3 nitrogen and oxygen atoms in total. The van der Waals surface area contributed by atoms with Gasteiger partial charge in [0.2, 0.25) is 0 Å².